The minimum Gasteiger partial charge on any atom is -0.481 e. The molecule has 19 heavy (non-hydrogen) atoms. The summed E-state index contributed by atoms with van der Waals surface area (Å²) >= 11 is 0. The summed E-state index contributed by atoms with van der Waals surface area (Å²) in [4.78, 5) is 28.6. The average molecular weight is 259 g/mol. The fourth-order valence-corrected chi connectivity index (χ4v) is 1.58. The fourth-order valence-electron chi connectivity index (χ4n) is 1.58. The summed E-state index contributed by atoms with van der Waals surface area (Å²) in [5.41, 5.74) is 1.95. The van der Waals surface area contributed by atoms with Crippen LogP contribution in [0.5, 0.6) is 0 Å². The molecule has 0 aliphatic carbocycles. The minimum absolute atomic E-state index is 0.0971. The van der Waals surface area contributed by atoms with Gasteiger partial charge in [-0.05, 0) is 24.1 Å². The van der Waals surface area contributed by atoms with Crippen LogP contribution in [-0.4, -0.2) is 27.0 Å². The van der Waals surface area contributed by atoms with Crippen molar-refractivity contribution >= 4 is 17.6 Å². The van der Waals surface area contributed by atoms with Crippen molar-refractivity contribution in [2.75, 3.05) is 5.32 Å². The molecule has 0 bridgehead atoms. The van der Waals surface area contributed by atoms with E-state index in [1.54, 1.807) is 24.3 Å². The van der Waals surface area contributed by atoms with Crippen LogP contribution in [0.3, 0.4) is 0 Å². The summed E-state index contributed by atoms with van der Waals surface area (Å²) in [6, 6.07) is 7.08. The molecule has 0 aliphatic heterocycles. The highest BCUT2D eigenvalue weighted by Gasteiger charge is 2.07. The van der Waals surface area contributed by atoms with E-state index in [0.717, 1.165) is 5.56 Å². The first kappa shape index (κ1) is 12.8. The van der Waals surface area contributed by atoms with E-state index in [1.807, 2.05) is 0 Å². The lowest BCUT2D eigenvalue weighted by molar-refractivity contribution is -0.136. The van der Waals surface area contributed by atoms with Crippen LogP contribution in [0.25, 0.3) is 0 Å². The van der Waals surface area contributed by atoms with E-state index in [9.17, 15) is 9.59 Å². The smallest absolute Gasteiger partial charge is 0.303 e. The van der Waals surface area contributed by atoms with E-state index in [0.29, 0.717) is 17.8 Å². The molecule has 0 saturated heterocycles. The maximum absolute atomic E-state index is 11.7. The zero-order valence-corrected chi connectivity index (χ0v) is 10.1. The molecule has 2 rings (SSSR count). The van der Waals surface area contributed by atoms with E-state index in [-0.39, 0.29) is 12.3 Å². The van der Waals surface area contributed by atoms with Gasteiger partial charge in [-0.2, -0.15) is 0 Å². The summed E-state index contributed by atoms with van der Waals surface area (Å²) in [7, 11) is 0. The summed E-state index contributed by atoms with van der Waals surface area (Å²) in [5.74, 6) is -1.09. The first-order chi connectivity index (χ1) is 9.15. The van der Waals surface area contributed by atoms with Crippen molar-refractivity contribution < 1.29 is 14.7 Å². The van der Waals surface area contributed by atoms with E-state index in [4.69, 9.17) is 5.11 Å². The number of carbonyl (C=O) groups excluding carboxylic acids is 1. The molecule has 98 valence electrons. The highest BCUT2D eigenvalue weighted by atomic mass is 16.4. The van der Waals surface area contributed by atoms with Crippen molar-refractivity contribution in [3.8, 4) is 0 Å². The molecule has 1 heterocycles. The van der Waals surface area contributed by atoms with Gasteiger partial charge in [0, 0.05) is 12.1 Å². The van der Waals surface area contributed by atoms with Gasteiger partial charge in [-0.3, -0.25) is 9.59 Å². The highest BCUT2D eigenvalue weighted by molar-refractivity contribution is 6.02. The van der Waals surface area contributed by atoms with E-state index in [1.165, 1.54) is 12.5 Å². The molecule has 0 fully saturated rings. The lowest BCUT2D eigenvalue weighted by atomic mass is 10.1. The molecule has 0 unspecified atom stereocenters. The van der Waals surface area contributed by atoms with Crippen molar-refractivity contribution in [2.45, 2.75) is 12.8 Å². The van der Waals surface area contributed by atoms with Crippen LogP contribution in [0.2, 0.25) is 0 Å². The normalized spacial score (nSPS) is 10.1. The van der Waals surface area contributed by atoms with E-state index >= 15 is 0 Å². The summed E-state index contributed by atoms with van der Waals surface area (Å²) in [6.07, 6.45) is 3.45. The first-order valence-corrected chi connectivity index (χ1v) is 5.75. The van der Waals surface area contributed by atoms with Crippen LogP contribution in [0.15, 0.2) is 36.8 Å². The Kier molecular flexibility index (Phi) is 3.92. The molecule has 0 spiro atoms. The molecule has 0 saturated carbocycles. The summed E-state index contributed by atoms with van der Waals surface area (Å²) in [5, 5.41) is 11.3. The molecule has 0 atom stereocenters. The van der Waals surface area contributed by atoms with Crippen molar-refractivity contribution in [1.82, 2.24) is 9.97 Å². The first-order valence-electron chi connectivity index (χ1n) is 5.75. The monoisotopic (exact) mass is 259 g/mol. The third-order valence-electron chi connectivity index (χ3n) is 2.58. The van der Waals surface area contributed by atoms with Gasteiger partial charge in [0.2, 0.25) is 0 Å². The number of imidazole rings is 1. The lowest BCUT2D eigenvalue weighted by Gasteiger charge is -2.05. The Morgan fingerprint density at radius 3 is 2.58 bits per heavy atom. The van der Waals surface area contributed by atoms with Gasteiger partial charge >= 0.3 is 5.97 Å². The second kappa shape index (κ2) is 5.81. The number of benzene rings is 1. The maximum atomic E-state index is 11.7. The number of aromatic nitrogens is 2. The molecule has 1 aromatic carbocycles. The van der Waals surface area contributed by atoms with Crippen LogP contribution < -0.4 is 5.32 Å². The number of amides is 1. The molecule has 0 radical (unpaired) electrons. The number of hydrogen-bond acceptors (Lipinski definition) is 3. The molecule has 6 heteroatoms. The van der Waals surface area contributed by atoms with Crippen molar-refractivity contribution in [3.63, 3.8) is 0 Å². The molecule has 6 nitrogen and oxygen atoms in total. The number of carboxylic acid groups (broad SMARTS) is 1. The Morgan fingerprint density at radius 2 is 2.00 bits per heavy atom. The van der Waals surface area contributed by atoms with Crippen LogP contribution in [0, 0.1) is 0 Å². The maximum Gasteiger partial charge on any atom is 0.303 e. The number of hydrogen-bond donors (Lipinski definition) is 3. The van der Waals surface area contributed by atoms with Gasteiger partial charge in [0.1, 0.15) is 5.69 Å². The molecule has 1 aromatic heterocycles. The molecule has 0 aliphatic rings. The number of rotatable bonds is 5. The number of nitrogens with zero attached hydrogens (tertiary/aromatic N) is 1. The standard InChI is InChI=1S/C13H13N3O3/c17-12(18)6-3-9-1-4-10(5-2-9)16-13(19)11-7-14-8-15-11/h1-2,4-5,7-8H,3,6H2,(H,14,15)(H,16,19)(H,17,18). The lowest BCUT2D eigenvalue weighted by Crippen LogP contribution is -2.12. The Hall–Kier alpha value is -2.63. The van der Waals surface area contributed by atoms with Gasteiger partial charge in [-0.1, -0.05) is 12.1 Å². The van der Waals surface area contributed by atoms with Crippen molar-refractivity contribution in [1.29, 1.82) is 0 Å². The van der Waals surface area contributed by atoms with Gasteiger partial charge in [-0.15, -0.1) is 0 Å². The number of H-pyrrole nitrogens is 1. The largest absolute Gasteiger partial charge is 0.481 e. The third kappa shape index (κ3) is 3.67. The Balaban J connectivity index is 1.95. The number of anilines is 1. The Morgan fingerprint density at radius 1 is 1.26 bits per heavy atom. The number of aryl methyl sites for hydroxylation is 1. The Labute approximate surface area is 109 Å². The summed E-state index contributed by atoms with van der Waals surface area (Å²) in [6.45, 7) is 0. The van der Waals surface area contributed by atoms with E-state index in [2.05, 4.69) is 15.3 Å². The molecule has 3 N–H and O–H groups in total. The van der Waals surface area contributed by atoms with Gasteiger partial charge in [-0.25, -0.2) is 4.98 Å². The second-order valence-electron chi connectivity index (χ2n) is 4.01. The average Bonchev–Trinajstić information content (AvgIpc) is 2.92. The SMILES string of the molecule is O=C(O)CCc1ccc(NC(=O)c2cnc[nH]2)cc1. The number of aliphatic carboxylic acids is 1. The number of carbonyl (C=O) groups is 2. The highest BCUT2D eigenvalue weighted by Crippen LogP contribution is 2.12. The minimum atomic E-state index is -0.823. The van der Waals surface area contributed by atoms with Crippen LogP contribution >= 0.6 is 0 Å². The van der Waals surface area contributed by atoms with Crippen LogP contribution in [-0.2, 0) is 11.2 Å². The predicted molar refractivity (Wildman–Crippen MR) is 68.9 cm³/mol. The second-order valence-corrected chi connectivity index (χ2v) is 4.01. The van der Waals surface area contributed by atoms with Crippen LogP contribution in [0.4, 0.5) is 5.69 Å². The zero-order chi connectivity index (χ0) is 13.7. The van der Waals surface area contributed by atoms with Crippen molar-refractivity contribution in [3.05, 3.63) is 48.0 Å². The Bertz CT molecular complexity index is 561. The third-order valence-corrected chi connectivity index (χ3v) is 2.58. The molecule has 2 aromatic rings. The topological polar surface area (TPSA) is 95.1 Å². The van der Waals surface area contributed by atoms with Crippen molar-refractivity contribution in [2.24, 2.45) is 0 Å². The van der Waals surface area contributed by atoms with E-state index < -0.39 is 5.97 Å². The predicted octanol–water partition coefficient (Wildman–Crippen LogP) is 1.68. The molecule has 1 amide bonds. The van der Waals surface area contributed by atoms with Gasteiger partial charge < -0.3 is 15.4 Å². The fraction of sp³-hybridized carbons (Fsp3) is 0.154. The van der Waals surface area contributed by atoms with Gasteiger partial charge in [0.25, 0.3) is 5.91 Å². The molecular formula is C13H13N3O3. The number of carboxylic acids is 1. The van der Waals surface area contributed by atoms with Crippen LogP contribution in [0.1, 0.15) is 22.5 Å². The van der Waals surface area contributed by atoms with Gasteiger partial charge in [0.15, 0.2) is 0 Å². The van der Waals surface area contributed by atoms with Gasteiger partial charge in [0.05, 0.1) is 12.5 Å². The zero-order valence-electron chi connectivity index (χ0n) is 10.1. The quantitative estimate of drug-likeness (QED) is 0.761. The number of nitrogens with one attached hydrogen (secondary N) is 2. The number of aromatic amines is 1. The summed E-state index contributed by atoms with van der Waals surface area (Å²) < 4.78 is 0. The molecular weight excluding hydrogens is 246 g/mol.